The van der Waals surface area contributed by atoms with Gasteiger partial charge in [-0.05, 0) is 30.9 Å². The number of carbonyl (C=O) groups is 1. The number of nitrogens with zero attached hydrogens (tertiary/aromatic N) is 1. The van der Waals surface area contributed by atoms with Gasteiger partial charge in [-0.15, -0.1) is 0 Å². The summed E-state index contributed by atoms with van der Waals surface area (Å²) in [6.45, 7) is 1.60. The molecule has 1 aliphatic rings. The molecule has 0 saturated carbocycles. The summed E-state index contributed by atoms with van der Waals surface area (Å²) < 4.78 is 10.5. The van der Waals surface area contributed by atoms with Crippen LogP contribution in [-0.4, -0.2) is 49.8 Å². The number of aliphatic hydroxyl groups excluding tert-OH is 1. The third-order valence-corrected chi connectivity index (χ3v) is 3.74. The molecule has 1 atom stereocenters. The van der Waals surface area contributed by atoms with Gasteiger partial charge in [-0.1, -0.05) is 6.07 Å². The molecule has 1 fully saturated rings. The van der Waals surface area contributed by atoms with E-state index in [2.05, 4.69) is 0 Å². The summed E-state index contributed by atoms with van der Waals surface area (Å²) in [5, 5.41) is 8.98. The Morgan fingerprint density at radius 3 is 2.85 bits per heavy atom. The van der Waals surface area contributed by atoms with Crippen molar-refractivity contribution in [1.82, 2.24) is 4.90 Å². The van der Waals surface area contributed by atoms with Crippen LogP contribution in [0, 0.1) is 5.92 Å². The molecule has 1 saturated heterocycles. The average Bonchev–Trinajstić information content (AvgIpc) is 2.94. The molecule has 1 aromatic carbocycles. The van der Waals surface area contributed by atoms with Crippen LogP contribution in [0.3, 0.4) is 0 Å². The number of hydrogen-bond acceptors (Lipinski definition) is 4. The molecule has 0 bridgehead atoms. The first kappa shape index (κ1) is 14.7. The van der Waals surface area contributed by atoms with Crippen molar-refractivity contribution in [2.45, 2.75) is 12.8 Å². The quantitative estimate of drug-likeness (QED) is 0.888. The maximum atomic E-state index is 12.6. The van der Waals surface area contributed by atoms with E-state index in [0.717, 1.165) is 19.4 Å². The fourth-order valence-corrected chi connectivity index (χ4v) is 2.66. The maximum absolute atomic E-state index is 12.6. The molecular weight excluding hydrogens is 258 g/mol. The number of likely N-dealkylation sites (tertiary alicyclic amines) is 1. The number of aliphatic hydroxyl groups is 1. The van der Waals surface area contributed by atoms with E-state index in [1.54, 1.807) is 25.3 Å². The third-order valence-electron chi connectivity index (χ3n) is 3.74. The topological polar surface area (TPSA) is 59.0 Å². The van der Waals surface area contributed by atoms with Gasteiger partial charge in [0.1, 0.15) is 0 Å². The second kappa shape index (κ2) is 6.61. The van der Waals surface area contributed by atoms with Crippen molar-refractivity contribution in [1.29, 1.82) is 0 Å². The van der Waals surface area contributed by atoms with Gasteiger partial charge in [0, 0.05) is 19.7 Å². The van der Waals surface area contributed by atoms with Crippen LogP contribution in [0.2, 0.25) is 0 Å². The Kier molecular flexibility index (Phi) is 4.84. The predicted molar refractivity (Wildman–Crippen MR) is 75.3 cm³/mol. The summed E-state index contributed by atoms with van der Waals surface area (Å²) in [6.07, 6.45) is 1.69. The molecule has 1 unspecified atom stereocenters. The van der Waals surface area contributed by atoms with Crippen molar-refractivity contribution in [3.05, 3.63) is 23.8 Å². The number of hydrogen-bond donors (Lipinski definition) is 1. The SMILES string of the molecule is COc1cccc(C(=O)N2CCC(CCO)C2)c1OC. The van der Waals surface area contributed by atoms with Crippen molar-refractivity contribution in [2.24, 2.45) is 5.92 Å². The normalized spacial score (nSPS) is 18.1. The highest BCUT2D eigenvalue weighted by molar-refractivity contribution is 5.98. The van der Waals surface area contributed by atoms with Gasteiger partial charge in [0.15, 0.2) is 11.5 Å². The van der Waals surface area contributed by atoms with Crippen molar-refractivity contribution in [3.8, 4) is 11.5 Å². The minimum atomic E-state index is -0.0406. The highest BCUT2D eigenvalue weighted by atomic mass is 16.5. The summed E-state index contributed by atoms with van der Waals surface area (Å²) in [5.41, 5.74) is 0.525. The molecule has 2 rings (SSSR count). The van der Waals surface area contributed by atoms with E-state index in [4.69, 9.17) is 14.6 Å². The number of carbonyl (C=O) groups excluding carboxylic acids is 1. The predicted octanol–water partition coefficient (Wildman–Crippen LogP) is 1.55. The Labute approximate surface area is 119 Å². The zero-order chi connectivity index (χ0) is 14.5. The van der Waals surface area contributed by atoms with E-state index in [0.29, 0.717) is 29.5 Å². The van der Waals surface area contributed by atoms with Gasteiger partial charge >= 0.3 is 0 Å². The van der Waals surface area contributed by atoms with Crippen LogP contribution in [0.1, 0.15) is 23.2 Å². The first-order valence-electron chi connectivity index (χ1n) is 6.82. The number of methoxy groups -OCH3 is 2. The Morgan fingerprint density at radius 2 is 2.20 bits per heavy atom. The average molecular weight is 279 g/mol. The zero-order valence-corrected chi connectivity index (χ0v) is 12.0. The van der Waals surface area contributed by atoms with E-state index >= 15 is 0 Å². The Balaban J connectivity index is 2.18. The molecule has 0 radical (unpaired) electrons. The summed E-state index contributed by atoms with van der Waals surface area (Å²) in [7, 11) is 3.09. The molecule has 1 heterocycles. The minimum absolute atomic E-state index is 0.0406. The third kappa shape index (κ3) is 2.88. The molecule has 1 aromatic rings. The highest BCUT2D eigenvalue weighted by Gasteiger charge is 2.28. The Morgan fingerprint density at radius 1 is 1.40 bits per heavy atom. The molecular formula is C15H21NO4. The zero-order valence-electron chi connectivity index (χ0n) is 12.0. The van der Waals surface area contributed by atoms with E-state index in [9.17, 15) is 4.79 Å². The first-order valence-corrected chi connectivity index (χ1v) is 6.82. The van der Waals surface area contributed by atoms with Crippen molar-refractivity contribution >= 4 is 5.91 Å². The van der Waals surface area contributed by atoms with E-state index in [1.807, 2.05) is 4.90 Å². The van der Waals surface area contributed by atoms with Gasteiger partial charge in [-0.25, -0.2) is 0 Å². The number of rotatable bonds is 5. The molecule has 0 spiro atoms. The minimum Gasteiger partial charge on any atom is -0.493 e. The fourth-order valence-electron chi connectivity index (χ4n) is 2.66. The van der Waals surface area contributed by atoms with Gasteiger partial charge in [-0.3, -0.25) is 4.79 Å². The Bertz CT molecular complexity index is 475. The maximum Gasteiger partial charge on any atom is 0.257 e. The van der Waals surface area contributed by atoms with Crippen LogP contribution in [-0.2, 0) is 0 Å². The van der Waals surface area contributed by atoms with Crippen LogP contribution >= 0.6 is 0 Å². The first-order chi connectivity index (χ1) is 9.71. The molecule has 1 aliphatic heterocycles. The number of para-hydroxylation sites is 1. The van der Waals surface area contributed by atoms with Gasteiger partial charge in [0.2, 0.25) is 0 Å². The number of ether oxygens (including phenoxy) is 2. The van der Waals surface area contributed by atoms with Gasteiger partial charge in [-0.2, -0.15) is 0 Å². The number of amides is 1. The fraction of sp³-hybridized carbons (Fsp3) is 0.533. The van der Waals surface area contributed by atoms with E-state index < -0.39 is 0 Å². The molecule has 1 amide bonds. The smallest absolute Gasteiger partial charge is 0.257 e. The van der Waals surface area contributed by atoms with Crippen LogP contribution in [0.25, 0.3) is 0 Å². The molecule has 0 aliphatic carbocycles. The van der Waals surface area contributed by atoms with Crippen molar-refractivity contribution in [3.63, 3.8) is 0 Å². The lowest BCUT2D eigenvalue weighted by Crippen LogP contribution is -2.29. The van der Waals surface area contributed by atoms with Gasteiger partial charge in [0.05, 0.1) is 19.8 Å². The summed E-state index contributed by atoms with van der Waals surface area (Å²) in [5.74, 6) is 1.39. The van der Waals surface area contributed by atoms with E-state index in [-0.39, 0.29) is 12.5 Å². The number of benzene rings is 1. The second-order valence-corrected chi connectivity index (χ2v) is 4.96. The standard InChI is InChI=1S/C15H21NO4/c1-19-13-5-3-4-12(14(13)20-2)15(18)16-8-6-11(10-16)7-9-17/h3-5,11,17H,6-10H2,1-2H3. The summed E-state index contributed by atoms with van der Waals surface area (Å²) in [4.78, 5) is 14.4. The molecule has 5 nitrogen and oxygen atoms in total. The Hall–Kier alpha value is -1.75. The lowest BCUT2D eigenvalue weighted by atomic mass is 10.1. The molecule has 5 heteroatoms. The lowest BCUT2D eigenvalue weighted by molar-refractivity contribution is 0.0780. The largest absolute Gasteiger partial charge is 0.493 e. The van der Waals surface area contributed by atoms with Gasteiger partial charge < -0.3 is 19.5 Å². The van der Waals surface area contributed by atoms with Crippen LogP contribution in [0.15, 0.2) is 18.2 Å². The molecule has 1 N–H and O–H groups in total. The van der Waals surface area contributed by atoms with Crippen molar-refractivity contribution in [2.75, 3.05) is 33.9 Å². The highest BCUT2D eigenvalue weighted by Crippen LogP contribution is 2.32. The summed E-state index contributed by atoms with van der Waals surface area (Å²) >= 11 is 0. The molecule has 110 valence electrons. The van der Waals surface area contributed by atoms with E-state index in [1.165, 1.54) is 7.11 Å². The van der Waals surface area contributed by atoms with Crippen LogP contribution < -0.4 is 9.47 Å². The molecule has 0 aromatic heterocycles. The van der Waals surface area contributed by atoms with Gasteiger partial charge in [0.25, 0.3) is 5.91 Å². The van der Waals surface area contributed by atoms with Crippen LogP contribution in [0.4, 0.5) is 0 Å². The lowest BCUT2D eigenvalue weighted by Gasteiger charge is -2.19. The summed E-state index contributed by atoms with van der Waals surface area (Å²) in [6, 6.07) is 5.31. The second-order valence-electron chi connectivity index (χ2n) is 4.96. The molecule has 20 heavy (non-hydrogen) atoms. The van der Waals surface area contributed by atoms with Crippen molar-refractivity contribution < 1.29 is 19.4 Å². The monoisotopic (exact) mass is 279 g/mol. The van der Waals surface area contributed by atoms with Crippen LogP contribution in [0.5, 0.6) is 11.5 Å².